The van der Waals surface area contributed by atoms with E-state index in [1.54, 1.807) is 0 Å². The molecule has 0 unspecified atom stereocenters. The van der Waals surface area contributed by atoms with Gasteiger partial charge in [-0.2, -0.15) is 4.99 Å². The van der Waals surface area contributed by atoms with E-state index in [0.29, 0.717) is 18.1 Å². The van der Waals surface area contributed by atoms with Crippen molar-refractivity contribution in [2.45, 2.75) is 0 Å². The van der Waals surface area contributed by atoms with Crippen molar-refractivity contribution in [3.05, 3.63) is 40.9 Å². The molecule has 3 heterocycles. The number of hydrogen-bond acceptors (Lipinski definition) is 4. The summed E-state index contributed by atoms with van der Waals surface area (Å²) < 4.78 is 7.43. The van der Waals surface area contributed by atoms with Gasteiger partial charge >= 0.3 is 0 Å². The van der Waals surface area contributed by atoms with Crippen molar-refractivity contribution in [3.8, 4) is 0 Å². The average Bonchev–Trinajstić information content (AvgIpc) is 3.10. The molecule has 4 rings (SSSR count). The van der Waals surface area contributed by atoms with Crippen LogP contribution in [0.4, 0.5) is 0 Å². The molecule has 2 aromatic rings. The highest BCUT2D eigenvalue weighted by Gasteiger charge is 2.27. The fourth-order valence-corrected chi connectivity index (χ4v) is 3.87. The van der Waals surface area contributed by atoms with E-state index in [4.69, 9.17) is 4.74 Å². The van der Waals surface area contributed by atoms with E-state index in [1.807, 2.05) is 25.3 Å². The molecule has 0 N–H and O–H groups in total. The van der Waals surface area contributed by atoms with E-state index in [9.17, 15) is 4.79 Å². The number of hydrogen-bond donors (Lipinski definition) is 0. The lowest BCUT2D eigenvalue weighted by Gasteiger charge is -2.27. The molecular formula is C17H17N3O2S. The Bertz CT molecular complexity index is 831. The molecule has 0 atom stereocenters. The zero-order chi connectivity index (χ0) is 15.8. The monoisotopic (exact) mass is 327 g/mol. The largest absolute Gasteiger partial charge is 0.378 e. The standard InChI is InChI=1S/C17H17N3O2S/c1-19-11-12(13-4-2-3-5-14(13)19)10-15-16(21)18-17(23-15)20-6-8-22-9-7-20/h2-5,10-11H,6-9H2,1H3/b15-10-. The van der Waals surface area contributed by atoms with Crippen LogP contribution in [0.15, 0.2) is 40.4 Å². The first-order valence-electron chi connectivity index (χ1n) is 7.62. The third-order valence-corrected chi connectivity index (χ3v) is 5.15. The fourth-order valence-electron chi connectivity index (χ4n) is 2.92. The van der Waals surface area contributed by atoms with Gasteiger partial charge in [-0.1, -0.05) is 18.2 Å². The molecule has 2 aliphatic rings. The van der Waals surface area contributed by atoms with Crippen LogP contribution >= 0.6 is 11.8 Å². The summed E-state index contributed by atoms with van der Waals surface area (Å²) in [6, 6.07) is 8.20. The van der Waals surface area contributed by atoms with Crippen LogP contribution in [0.1, 0.15) is 5.56 Å². The number of thioether (sulfide) groups is 1. The highest BCUT2D eigenvalue weighted by atomic mass is 32.2. The van der Waals surface area contributed by atoms with Crippen LogP contribution < -0.4 is 0 Å². The van der Waals surface area contributed by atoms with E-state index < -0.39 is 0 Å². The summed E-state index contributed by atoms with van der Waals surface area (Å²) in [6.45, 7) is 2.97. The van der Waals surface area contributed by atoms with Gasteiger partial charge in [0.15, 0.2) is 5.17 Å². The molecule has 0 bridgehead atoms. The van der Waals surface area contributed by atoms with Crippen molar-refractivity contribution in [3.63, 3.8) is 0 Å². The topological polar surface area (TPSA) is 46.8 Å². The van der Waals surface area contributed by atoms with E-state index in [1.165, 1.54) is 11.8 Å². The Balaban J connectivity index is 1.63. The Morgan fingerprint density at radius 1 is 1.26 bits per heavy atom. The maximum Gasteiger partial charge on any atom is 0.286 e. The first kappa shape index (κ1) is 14.5. The third-order valence-electron chi connectivity index (χ3n) is 4.11. The predicted octanol–water partition coefficient (Wildman–Crippen LogP) is 2.48. The number of nitrogens with zero attached hydrogens (tertiary/aromatic N) is 3. The molecule has 2 aliphatic heterocycles. The maximum atomic E-state index is 12.2. The number of benzene rings is 1. The van der Waals surface area contributed by atoms with Crippen molar-refractivity contribution in [2.24, 2.45) is 12.0 Å². The minimum atomic E-state index is -0.149. The lowest BCUT2D eigenvalue weighted by molar-refractivity contribution is -0.113. The second-order valence-corrected chi connectivity index (χ2v) is 6.63. The van der Waals surface area contributed by atoms with Crippen LogP contribution in [0.2, 0.25) is 0 Å². The number of amides is 1. The van der Waals surface area contributed by atoms with Crippen LogP contribution in [0.5, 0.6) is 0 Å². The Labute approximate surface area is 138 Å². The first-order chi connectivity index (χ1) is 11.2. The zero-order valence-electron chi connectivity index (χ0n) is 12.9. The molecule has 5 nitrogen and oxygen atoms in total. The molecule has 23 heavy (non-hydrogen) atoms. The Morgan fingerprint density at radius 3 is 2.87 bits per heavy atom. The van der Waals surface area contributed by atoms with Gasteiger partial charge in [0.05, 0.1) is 18.1 Å². The van der Waals surface area contributed by atoms with Gasteiger partial charge in [0.2, 0.25) is 0 Å². The molecule has 0 aliphatic carbocycles. The second-order valence-electron chi connectivity index (χ2n) is 5.62. The van der Waals surface area contributed by atoms with Gasteiger partial charge in [-0.3, -0.25) is 4.79 Å². The summed E-state index contributed by atoms with van der Waals surface area (Å²) in [7, 11) is 2.02. The van der Waals surface area contributed by atoms with Gasteiger partial charge in [0.25, 0.3) is 5.91 Å². The minimum absolute atomic E-state index is 0.149. The van der Waals surface area contributed by atoms with Crippen molar-refractivity contribution >= 4 is 39.8 Å². The highest BCUT2D eigenvalue weighted by Crippen LogP contribution is 2.32. The normalized spacial score (nSPS) is 20.6. The maximum absolute atomic E-state index is 12.2. The molecule has 1 aromatic carbocycles. The van der Waals surface area contributed by atoms with E-state index in [0.717, 1.165) is 34.7 Å². The zero-order valence-corrected chi connectivity index (χ0v) is 13.7. The number of amidine groups is 1. The second kappa shape index (κ2) is 5.86. The SMILES string of the molecule is Cn1cc(/C=C2\SC(N3CCOCC3)=NC2=O)c2ccccc21. The number of morpholine rings is 1. The van der Waals surface area contributed by atoms with Crippen LogP contribution in [0.25, 0.3) is 17.0 Å². The predicted molar refractivity (Wildman–Crippen MR) is 93.3 cm³/mol. The van der Waals surface area contributed by atoms with Gasteiger partial charge < -0.3 is 14.2 Å². The van der Waals surface area contributed by atoms with E-state index >= 15 is 0 Å². The number of carbonyl (C=O) groups excluding carboxylic acids is 1. The molecule has 1 fully saturated rings. The molecule has 118 valence electrons. The van der Waals surface area contributed by atoms with Crippen molar-refractivity contribution in [1.29, 1.82) is 0 Å². The van der Waals surface area contributed by atoms with Gasteiger partial charge in [0.1, 0.15) is 0 Å². The molecular weight excluding hydrogens is 310 g/mol. The summed E-state index contributed by atoms with van der Waals surface area (Å²) in [5.74, 6) is -0.149. The third kappa shape index (κ3) is 2.68. The minimum Gasteiger partial charge on any atom is -0.378 e. The molecule has 0 spiro atoms. The van der Waals surface area contributed by atoms with Crippen LogP contribution in [0.3, 0.4) is 0 Å². The number of aromatic nitrogens is 1. The molecule has 0 radical (unpaired) electrons. The molecule has 0 saturated carbocycles. The van der Waals surface area contributed by atoms with Gasteiger partial charge in [-0.15, -0.1) is 0 Å². The van der Waals surface area contributed by atoms with Gasteiger partial charge in [-0.05, 0) is 23.9 Å². The lowest BCUT2D eigenvalue weighted by Crippen LogP contribution is -2.38. The number of carbonyl (C=O) groups is 1. The van der Waals surface area contributed by atoms with Crippen LogP contribution in [-0.2, 0) is 16.6 Å². The number of aryl methyl sites for hydroxylation is 1. The fraction of sp³-hybridized carbons (Fsp3) is 0.294. The summed E-state index contributed by atoms with van der Waals surface area (Å²) in [6.07, 6.45) is 4.00. The quantitative estimate of drug-likeness (QED) is 0.755. The van der Waals surface area contributed by atoms with Gasteiger partial charge in [0, 0.05) is 42.8 Å². The Hall–Kier alpha value is -2.05. The van der Waals surface area contributed by atoms with Crippen molar-refractivity contribution in [2.75, 3.05) is 26.3 Å². The van der Waals surface area contributed by atoms with E-state index in [2.05, 4.69) is 32.8 Å². The average molecular weight is 327 g/mol. The number of rotatable bonds is 1. The molecule has 6 heteroatoms. The number of aliphatic imine (C=N–C) groups is 1. The Morgan fingerprint density at radius 2 is 2.04 bits per heavy atom. The summed E-state index contributed by atoms with van der Waals surface area (Å²) in [4.78, 5) is 19.3. The molecule has 1 amide bonds. The van der Waals surface area contributed by atoms with Gasteiger partial charge in [-0.25, -0.2) is 0 Å². The molecule has 1 aromatic heterocycles. The Kier molecular flexibility index (Phi) is 3.71. The highest BCUT2D eigenvalue weighted by molar-refractivity contribution is 8.18. The summed E-state index contributed by atoms with van der Waals surface area (Å²) >= 11 is 1.46. The lowest BCUT2D eigenvalue weighted by atomic mass is 10.1. The number of para-hydroxylation sites is 1. The first-order valence-corrected chi connectivity index (χ1v) is 8.43. The van der Waals surface area contributed by atoms with Crippen molar-refractivity contribution < 1.29 is 9.53 Å². The summed E-state index contributed by atoms with van der Waals surface area (Å²) in [5.41, 5.74) is 2.21. The smallest absolute Gasteiger partial charge is 0.286 e. The number of ether oxygens (including phenoxy) is 1. The van der Waals surface area contributed by atoms with Crippen LogP contribution in [0, 0.1) is 0 Å². The van der Waals surface area contributed by atoms with Crippen molar-refractivity contribution in [1.82, 2.24) is 9.47 Å². The molecule has 1 saturated heterocycles. The summed E-state index contributed by atoms with van der Waals surface area (Å²) in [5, 5.41) is 1.94. The van der Waals surface area contributed by atoms with Crippen LogP contribution in [-0.4, -0.2) is 46.8 Å². The number of fused-ring (bicyclic) bond motifs is 1. The van der Waals surface area contributed by atoms with E-state index in [-0.39, 0.29) is 5.91 Å².